The number of alkyl halides is 3. The number of allylic oxidation sites excluding steroid dienone is 2. The van der Waals surface area contributed by atoms with Crippen LogP contribution in [0.4, 0.5) is 13.2 Å². The van der Waals surface area contributed by atoms with Crippen LogP contribution in [-0.4, -0.2) is 6.18 Å². The molecule has 0 amide bonds. The normalized spacial score (nSPS) is 11.1. The van der Waals surface area contributed by atoms with Gasteiger partial charge in [0.15, 0.2) is 0 Å². The SMILES string of the molecule is C=C(Br)C(=C)C(F)(F)F. The predicted molar refractivity (Wildman–Crippen MR) is 33.3 cm³/mol. The van der Waals surface area contributed by atoms with Crippen molar-refractivity contribution in [1.29, 1.82) is 0 Å². The Bertz CT molecular complexity index is 145. The van der Waals surface area contributed by atoms with Crippen LogP contribution in [0, 0.1) is 0 Å². The molecule has 0 fully saturated rings. The van der Waals surface area contributed by atoms with Crippen LogP contribution in [0.3, 0.4) is 0 Å². The van der Waals surface area contributed by atoms with Gasteiger partial charge in [-0.05, 0) is 0 Å². The second-order valence-corrected chi connectivity index (χ2v) is 2.34. The van der Waals surface area contributed by atoms with Gasteiger partial charge in [-0.2, -0.15) is 13.2 Å². The summed E-state index contributed by atoms with van der Waals surface area (Å²) >= 11 is 2.56. The molecule has 0 aromatic carbocycles. The van der Waals surface area contributed by atoms with E-state index in [2.05, 4.69) is 29.1 Å². The summed E-state index contributed by atoms with van der Waals surface area (Å²) in [6, 6.07) is 0. The molecule has 0 aliphatic rings. The average molecular weight is 201 g/mol. The molecule has 0 bridgehead atoms. The Morgan fingerprint density at radius 1 is 1.22 bits per heavy atom. The molecule has 0 aliphatic carbocycles. The van der Waals surface area contributed by atoms with Gasteiger partial charge in [-0.15, -0.1) is 0 Å². The molecule has 9 heavy (non-hydrogen) atoms. The summed E-state index contributed by atoms with van der Waals surface area (Å²) in [5.74, 6) is 0. The van der Waals surface area contributed by atoms with Crippen LogP contribution >= 0.6 is 15.9 Å². The van der Waals surface area contributed by atoms with E-state index in [-0.39, 0.29) is 4.48 Å². The lowest BCUT2D eigenvalue weighted by atomic mass is 10.3. The molecular weight excluding hydrogens is 197 g/mol. The van der Waals surface area contributed by atoms with Gasteiger partial charge in [-0.3, -0.25) is 0 Å². The van der Waals surface area contributed by atoms with E-state index in [0.29, 0.717) is 0 Å². The van der Waals surface area contributed by atoms with E-state index in [1.165, 1.54) is 0 Å². The van der Waals surface area contributed by atoms with E-state index >= 15 is 0 Å². The molecule has 0 aliphatic heterocycles. The van der Waals surface area contributed by atoms with Gasteiger partial charge in [-0.25, -0.2) is 0 Å². The number of hydrogen-bond acceptors (Lipinski definition) is 0. The first-order valence-corrected chi connectivity index (χ1v) is 2.76. The van der Waals surface area contributed by atoms with Crippen LogP contribution < -0.4 is 0 Å². The summed E-state index contributed by atoms with van der Waals surface area (Å²) in [5, 5.41) is 0. The molecule has 0 nitrogen and oxygen atoms in total. The number of hydrogen-bond donors (Lipinski definition) is 0. The maximum absolute atomic E-state index is 11.5. The Balaban J connectivity index is 4.23. The van der Waals surface area contributed by atoms with Crippen molar-refractivity contribution in [3.8, 4) is 0 Å². The standard InChI is InChI=1S/C5H4BrF3/c1-3(4(2)6)5(7,8)9/h1-2H2. The molecule has 0 rings (SSSR count). The van der Waals surface area contributed by atoms with Gasteiger partial charge >= 0.3 is 6.18 Å². The summed E-state index contributed by atoms with van der Waals surface area (Å²) in [6.07, 6.45) is -4.36. The van der Waals surface area contributed by atoms with Crippen molar-refractivity contribution in [1.82, 2.24) is 0 Å². The Morgan fingerprint density at radius 3 is 1.56 bits per heavy atom. The molecule has 0 unspecified atom stereocenters. The molecule has 0 saturated heterocycles. The van der Waals surface area contributed by atoms with Gasteiger partial charge in [0.2, 0.25) is 0 Å². The zero-order valence-corrected chi connectivity index (χ0v) is 6.01. The quantitative estimate of drug-likeness (QED) is 0.572. The molecule has 4 heteroatoms. The summed E-state index contributed by atoms with van der Waals surface area (Å²) in [6.45, 7) is 5.77. The van der Waals surface area contributed by atoms with Crippen LogP contribution in [0.25, 0.3) is 0 Å². The van der Waals surface area contributed by atoms with Crippen molar-refractivity contribution in [3.05, 3.63) is 23.2 Å². The Labute approximate surface area is 59.2 Å². The van der Waals surface area contributed by atoms with E-state index in [1.54, 1.807) is 0 Å². The van der Waals surface area contributed by atoms with Gasteiger partial charge in [-0.1, -0.05) is 29.1 Å². The largest absolute Gasteiger partial charge is 0.416 e. The third-order valence-electron chi connectivity index (χ3n) is 0.670. The van der Waals surface area contributed by atoms with Crippen molar-refractivity contribution in [2.75, 3.05) is 0 Å². The zero-order valence-electron chi connectivity index (χ0n) is 4.43. The first-order valence-electron chi connectivity index (χ1n) is 1.96. The van der Waals surface area contributed by atoms with Gasteiger partial charge in [0.25, 0.3) is 0 Å². The van der Waals surface area contributed by atoms with Crippen LogP contribution in [0.1, 0.15) is 0 Å². The van der Waals surface area contributed by atoms with Crippen molar-refractivity contribution in [2.45, 2.75) is 6.18 Å². The third-order valence-corrected chi connectivity index (χ3v) is 1.15. The fraction of sp³-hybridized carbons (Fsp3) is 0.200. The molecule has 0 spiro atoms. The fourth-order valence-electron chi connectivity index (χ4n) is 0.154. The molecule has 0 radical (unpaired) electrons. The molecule has 0 N–H and O–H groups in total. The van der Waals surface area contributed by atoms with Gasteiger partial charge in [0.1, 0.15) is 0 Å². The lowest BCUT2D eigenvalue weighted by Crippen LogP contribution is -2.09. The summed E-state index contributed by atoms with van der Waals surface area (Å²) in [5.41, 5.74) is -0.942. The Kier molecular flexibility index (Phi) is 2.49. The predicted octanol–water partition coefficient (Wildman–Crippen LogP) is 3.01. The highest BCUT2D eigenvalue weighted by atomic mass is 79.9. The lowest BCUT2D eigenvalue weighted by molar-refractivity contribution is -0.0880. The Hall–Kier alpha value is -0.250. The van der Waals surface area contributed by atoms with E-state index in [1.807, 2.05) is 0 Å². The molecule has 0 heterocycles. The summed E-state index contributed by atoms with van der Waals surface area (Å²) in [7, 11) is 0. The topological polar surface area (TPSA) is 0 Å². The second kappa shape index (κ2) is 2.56. The Morgan fingerprint density at radius 2 is 1.56 bits per heavy atom. The van der Waals surface area contributed by atoms with Crippen molar-refractivity contribution < 1.29 is 13.2 Å². The first kappa shape index (κ1) is 8.75. The van der Waals surface area contributed by atoms with Crippen molar-refractivity contribution in [2.24, 2.45) is 0 Å². The van der Waals surface area contributed by atoms with Gasteiger partial charge in [0, 0.05) is 4.48 Å². The van der Waals surface area contributed by atoms with Crippen LogP contribution in [0.5, 0.6) is 0 Å². The van der Waals surface area contributed by atoms with E-state index in [9.17, 15) is 13.2 Å². The van der Waals surface area contributed by atoms with Crippen LogP contribution in [0.2, 0.25) is 0 Å². The minimum atomic E-state index is -4.36. The smallest absolute Gasteiger partial charge is 0.166 e. The maximum Gasteiger partial charge on any atom is 0.416 e. The summed E-state index contributed by atoms with van der Waals surface area (Å²) < 4.78 is 34.3. The highest BCUT2D eigenvalue weighted by Gasteiger charge is 2.32. The molecule has 0 aromatic heterocycles. The monoisotopic (exact) mass is 200 g/mol. The minimum Gasteiger partial charge on any atom is -0.166 e. The second-order valence-electron chi connectivity index (χ2n) is 1.38. The first-order chi connectivity index (χ1) is 3.85. The summed E-state index contributed by atoms with van der Waals surface area (Å²) in [4.78, 5) is 0. The zero-order chi connectivity index (χ0) is 7.65. The highest BCUT2D eigenvalue weighted by molar-refractivity contribution is 9.11. The highest BCUT2D eigenvalue weighted by Crippen LogP contribution is 2.31. The van der Waals surface area contributed by atoms with E-state index in [4.69, 9.17) is 0 Å². The molecule has 0 aromatic rings. The van der Waals surface area contributed by atoms with Crippen LogP contribution in [0.15, 0.2) is 23.2 Å². The number of halogens is 4. The van der Waals surface area contributed by atoms with Crippen molar-refractivity contribution >= 4 is 15.9 Å². The van der Waals surface area contributed by atoms with Crippen molar-refractivity contribution in [3.63, 3.8) is 0 Å². The van der Waals surface area contributed by atoms with Crippen LogP contribution in [-0.2, 0) is 0 Å². The molecule has 0 saturated carbocycles. The average Bonchev–Trinajstić information content (AvgIpc) is 1.62. The maximum atomic E-state index is 11.5. The third kappa shape index (κ3) is 2.70. The minimum absolute atomic E-state index is 0.227. The fourth-order valence-corrected chi connectivity index (χ4v) is 0.379. The number of rotatable bonds is 1. The van der Waals surface area contributed by atoms with Gasteiger partial charge in [0.05, 0.1) is 5.57 Å². The molecule has 52 valence electrons. The van der Waals surface area contributed by atoms with E-state index in [0.717, 1.165) is 0 Å². The molecular formula is C5H4BrF3. The molecule has 0 atom stereocenters. The van der Waals surface area contributed by atoms with E-state index < -0.39 is 11.7 Å². The van der Waals surface area contributed by atoms with Gasteiger partial charge < -0.3 is 0 Å². The lowest BCUT2D eigenvalue weighted by Gasteiger charge is -2.06.